The van der Waals surface area contributed by atoms with Crippen LogP contribution in [0, 0.1) is 0 Å². The van der Waals surface area contributed by atoms with Crippen molar-refractivity contribution >= 4 is 28.4 Å². The molecule has 1 aromatic heterocycles. The summed E-state index contributed by atoms with van der Waals surface area (Å²) in [6.07, 6.45) is -0.0400. The van der Waals surface area contributed by atoms with Crippen LogP contribution in [0.4, 0.5) is 5.69 Å². The summed E-state index contributed by atoms with van der Waals surface area (Å²) in [7, 11) is 0. The third-order valence-corrected chi connectivity index (χ3v) is 2.54. The smallest absolute Gasteiger partial charge is 0.234 e. The largest absolute Gasteiger partial charge is 0.302 e. The second-order valence-corrected chi connectivity index (χ2v) is 3.60. The average Bonchev–Trinajstić information content (AvgIpc) is 2.84. The molecule has 1 aliphatic heterocycles. The van der Waals surface area contributed by atoms with E-state index >= 15 is 0 Å². The Hall–Kier alpha value is -2.24. The van der Waals surface area contributed by atoms with Crippen LogP contribution in [0.3, 0.4) is 0 Å². The van der Waals surface area contributed by atoms with Gasteiger partial charge < -0.3 is 4.90 Å². The van der Waals surface area contributed by atoms with Gasteiger partial charge in [-0.2, -0.15) is 0 Å². The SMILES string of the molecule is O=C1CC(=O)N(c2cccc3nonc23)C1. The Morgan fingerprint density at radius 1 is 1.25 bits per heavy atom. The van der Waals surface area contributed by atoms with Crippen LogP contribution in [0.1, 0.15) is 6.42 Å². The molecule has 80 valence electrons. The number of fused-ring (bicyclic) bond motifs is 1. The molecule has 16 heavy (non-hydrogen) atoms. The Bertz CT molecular complexity index is 590. The average molecular weight is 217 g/mol. The fraction of sp³-hybridized carbons (Fsp3) is 0.200. The summed E-state index contributed by atoms with van der Waals surface area (Å²) in [4.78, 5) is 24.2. The number of aromatic nitrogens is 2. The molecule has 0 bridgehead atoms. The maximum Gasteiger partial charge on any atom is 0.234 e. The van der Waals surface area contributed by atoms with Gasteiger partial charge in [0.15, 0.2) is 11.3 Å². The zero-order chi connectivity index (χ0) is 11.1. The third-order valence-electron chi connectivity index (χ3n) is 2.54. The van der Waals surface area contributed by atoms with E-state index in [1.807, 2.05) is 0 Å². The highest BCUT2D eigenvalue weighted by Gasteiger charge is 2.30. The Kier molecular flexibility index (Phi) is 1.76. The number of hydrogen-bond donors (Lipinski definition) is 0. The van der Waals surface area contributed by atoms with E-state index in [1.54, 1.807) is 18.2 Å². The second kappa shape index (κ2) is 3.13. The maximum absolute atomic E-state index is 11.6. The number of rotatable bonds is 1. The molecular weight excluding hydrogens is 210 g/mol. The van der Waals surface area contributed by atoms with Crippen molar-refractivity contribution in [1.29, 1.82) is 0 Å². The van der Waals surface area contributed by atoms with Gasteiger partial charge in [0, 0.05) is 0 Å². The Balaban J connectivity index is 2.15. The minimum absolute atomic E-state index is 0.0400. The summed E-state index contributed by atoms with van der Waals surface area (Å²) < 4.78 is 4.60. The van der Waals surface area contributed by atoms with Crippen molar-refractivity contribution in [3.8, 4) is 0 Å². The van der Waals surface area contributed by atoms with Gasteiger partial charge in [0.05, 0.1) is 18.7 Å². The van der Waals surface area contributed by atoms with Crippen LogP contribution in [-0.4, -0.2) is 28.5 Å². The van der Waals surface area contributed by atoms with E-state index in [4.69, 9.17) is 0 Å². The normalized spacial score (nSPS) is 16.4. The molecule has 1 amide bonds. The number of ketones is 1. The van der Waals surface area contributed by atoms with Crippen molar-refractivity contribution < 1.29 is 14.2 Å². The van der Waals surface area contributed by atoms with Crippen molar-refractivity contribution in [3.63, 3.8) is 0 Å². The van der Waals surface area contributed by atoms with Crippen LogP contribution in [0.25, 0.3) is 11.0 Å². The Labute approximate surface area is 89.8 Å². The first kappa shape index (κ1) is 9.02. The van der Waals surface area contributed by atoms with Gasteiger partial charge in [0.2, 0.25) is 5.91 Å². The van der Waals surface area contributed by atoms with E-state index in [-0.39, 0.29) is 24.7 Å². The van der Waals surface area contributed by atoms with Crippen LogP contribution in [-0.2, 0) is 9.59 Å². The van der Waals surface area contributed by atoms with Crippen molar-refractivity contribution in [2.45, 2.75) is 6.42 Å². The zero-order valence-electron chi connectivity index (χ0n) is 8.21. The van der Waals surface area contributed by atoms with Gasteiger partial charge in [0.25, 0.3) is 0 Å². The summed E-state index contributed by atoms with van der Waals surface area (Å²) in [5, 5.41) is 7.42. The van der Waals surface area contributed by atoms with Crippen molar-refractivity contribution in [1.82, 2.24) is 10.3 Å². The topological polar surface area (TPSA) is 76.3 Å². The highest BCUT2D eigenvalue weighted by atomic mass is 16.6. The first-order chi connectivity index (χ1) is 7.75. The number of anilines is 1. The molecular formula is C10H7N3O3. The maximum atomic E-state index is 11.6. The molecule has 0 saturated carbocycles. The number of hydrogen-bond acceptors (Lipinski definition) is 5. The van der Waals surface area contributed by atoms with E-state index in [0.29, 0.717) is 16.7 Å². The lowest BCUT2D eigenvalue weighted by Gasteiger charge is -2.13. The molecule has 3 rings (SSSR count). The highest BCUT2D eigenvalue weighted by molar-refractivity contribution is 6.17. The molecule has 2 heterocycles. The summed E-state index contributed by atoms with van der Waals surface area (Å²) in [5.74, 6) is -0.293. The first-order valence-electron chi connectivity index (χ1n) is 4.79. The van der Waals surface area contributed by atoms with Gasteiger partial charge >= 0.3 is 0 Å². The molecule has 2 aromatic rings. The van der Waals surface area contributed by atoms with Crippen molar-refractivity contribution in [2.24, 2.45) is 0 Å². The molecule has 0 radical (unpaired) electrons. The van der Waals surface area contributed by atoms with Gasteiger partial charge in [-0.25, -0.2) is 4.63 Å². The first-order valence-corrected chi connectivity index (χ1v) is 4.79. The molecule has 0 spiro atoms. The lowest BCUT2D eigenvalue weighted by molar-refractivity contribution is -0.121. The molecule has 1 aliphatic rings. The number of benzene rings is 1. The van der Waals surface area contributed by atoms with E-state index in [2.05, 4.69) is 14.9 Å². The highest BCUT2D eigenvalue weighted by Crippen LogP contribution is 2.26. The number of carbonyl (C=O) groups is 2. The molecule has 0 aliphatic carbocycles. The van der Waals surface area contributed by atoms with Crippen LogP contribution < -0.4 is 4.90 Å². The fourth-order valence-electron chi connectivity index (χ4n) is 1.81. The van der Waals surface area contributed by atoms with Crippen LogP contribution in [0.5, 0.6) is 0 Å². The predicted molar refractivity (Wildman–Crippen MR) is 53.8 cm³/mol. The summed E-state index contributed by atoms with van der Waals surface area (Å²) in [5.41, 5.74) is 1.66. The standard InChI is InChI=1S/C10H7N3O3/c14-6-4-9(15)13(5-6)8-3-1-2-7-10(8)12-16-11-7/h1-3H,4-5H2. The summed E-state index contributed by atoms with van der Waals surface area (Å²) >= 11 is 0. The van der Waals surface area contributed by atoms with E-state index < -0.39 is 0 Å². The summed E-state index contributed by atoms with van der Waals surface area (Å²) in [6, 6.07) is 5.21. The van der Waals surface area contributed by atoms with Gasteiger partial charge in [-0.3, -0.25) is 9.59 Å². The fourth-order valence-corrected chi connectivity index (χ4v) is 1.81. The van der Waals surface area contributed by atoms with Crippen molar-refractivity contribution in [2.75, 3.05) is 11.4 Å². The number of carbonyl (C=O) groups excluding carboxylic acids is 2. The molecule has 0 atom stereocenters. The molecule has 6 nitrogen and oxygen atoms in total. The van der Waals surface area contributed by atoms with Gasteiger partial charge in [-0.05, 0) is 22.4 Å². The Morgan fingerprint density at radius 2 is 2.12 bits per heavy atom. The zero-order valence-corrected chi connectivity index (χ0v) is 8.21. The molecule has 6 heteroatoms. The Morgan fingerprint density at radius 3 is 2.88 bits per heavy atom. The lowest BCUT2D eigenvalue weighted by Crippen LogP contribution is -2.24. The van der Waals surface area contributed by atoms with Gasteiger partial charge in [0.1, 0.15) is 5.52 Å². The van der Waals surface area contributed by atoms with Gasteiger partial charge in [-0.1, -0.05) is 6.07 Å². The molecule has 1 aromatic carbocycles. The molecule has 1 fully saturated rings. The van der Waals surface area contributed by atoms with E-state index in [1.165, 1.54) is 4.90 Å². The molecule has 1 saturated heterocycles. The summed E-state index contributed by atoms with van der Waals surface area (Å²) in [6.45, 7) is 0.102. The van der Waals surface area contributed by atoms with Crippen molar-refractivity contribution in [3.05, 3.63) is 18.2 Å². The quantitative estimate of drug-likeness (QED) is 0.651. The van der Waals surface area contributed by atoms with Gasteiger partial charge in [-0.15, -0.1) is 0 Å². The number of Topliss-reactive ketones (excluding diaryl/α,β-unsaturated/α-hetero) is 1. The third kappa shape index (κ3) is 1.19. The monoisotopic (exact) mass is 217 g/mol. The lowest BCUT2D eigenvalue weighted by atomic mass is 10.2. The number of nitrogens with zero attached hydrogens (tertiary/aromatic N) is 3. The minimum Gasteiger partial charge on any atom is -0.302 e. The van der Waals surface area contributed by atoms with Crippen LogP contribution in [0.15, 0.2) is 22.8 Å². The van der Waals surface area contributed by atoms with Crippen LogP contribution >= 0.6 is 0 Å². The van der Waals surface area contributed by atoms with E-state index in [9.17, 15) is 9.59 Å². The number of amides is 1. The predicted octanol–water partition coefficient (Wildman–Crippen LogP) is 0.529. The minimum atomic E-state index is -0.208. The molecule has 0 unspecified atom stereocenters. The van der Waals surface area contributed by atoms with Crippen LogP contribution in [0.2, 0.25) is 0 Å². The van der Waals surface area contributed by atoms with E-state index in [0.717, 1.165) is 0 Å². The second-order valence-electron chi connectivity index (χ2n) is 3.60. The molecule has 0 N–H and O–H groups in total.